The minimum absolute atomic E-state index is 0.842. The van der Waals surface area contributed by atoms with Crippen LogP contribution in [0.5, 0.6) is 5.75 Å². The molecule has 0 N–H and O–H groups in total. The molecule has 0 heterocycles. The summed E-state index contributed by atoms with van der Waals surface area (Å²) in [5, 5.41) is 0. The molecule has 1 aromatic rings. The zero-order chi connectivity index (χ0) is 6.53. The quantitative estimate of drug-likeness (QED) is 0.689. The average Bonchev–Trinajstić information content (AvgIpc) is 1.91. The van der Waals surface area contributed by atoms with Crippen LogP contribution in [0.25, 0.3) is 0 Å². The number of hydrogen-bond acceptors (Lipinski definition) is 1. The lowest BCUT2D eigenvalue weighted by atomic mass is 10.3. The minimum atomic E-state index is 0.842. The van der Waals surface area contributed by atoms with Gasteiger partial charge >= 0.3 is 0 Å². The smallest absolute Gasteiger partial charge is 0.199 e. The van der Waals surface area contributed by atoms with Crippen molar-refractivity contribution < 1.29 is 4.74 Å². The molecule has 1 nitrogen and oxygen atoms in total. The van der Waals surface area contributed by atoms with Crippen molar-refractivity contribution >= 4 is 15.9 Å². The Hall–Kier alpha value is -0.500. The fourth-order valence-electron chi connectivity index (χ4n) is 0.550. The van der Waals surface area contributed by atoms with E-state index in [9.17, 15) is 0 Å². The van der Waals surface area contributed by atoms with E-state index in [1.165, 1.54) is 5.52 Å². The van der Waals surface area contributed by atoms with Crippen LogP contribution in [0.15, 0.2) is 30.3 Å². The Balaban J connectivity index is 2.61. The Morgan fingerprint density at radius 2 is 1.89 bits per heavy atom. The van der Waals surface area contributed by atoms with Crippen LogP contribution in [0.4, 0.5) is 0 Å². The lowest BCUT2D eigenvalue weighted by Gasteiger charge is -1.97. The topological polar surface area (TPSA) is 9.23 Å². The highest BCUT2D eigenvalue weighted by molar-refractivity contribution is 9.10. The van der Waals surface area contributed by atoms with Gasteiger partial charge in [-0.2, -0.15) is 0 Å². The summed E-state index contributed by atoms with van der Waals surface area (Å²) < 4.78 is 5.00. The molecular weight excluding hydrogens is 180 g/mol. The largest absolute Gasteiger partial charge is 0.474 e. The molecule has 0 fully saturated rings. The number of benzene rings is 1. The first-order chi connectivity index (χ1) is 4.43. The highest BCUT2D eigenvalue weighted by Crippen LogP contribution is 2.10. The van der Waals surface area contributed by atoms with Crippen molar-refractivity contribution in [3.8, 4) is 5.75 Å². The van der Waals surface area contributed by atoms with Gasteiger partial charge in [-0.3, -0.25) is 0 Å². The van der Waals surface area contributed by atoms with Crippen LogP contribution >= 0.6 is 15.9 Å². The maximum Gasteiger partial charge on any atom is 0.199 e. The van der Waals surface area contributed by atoms with Gasteiger partial charge in [0.1, 0.15) is 5.75 Å². The van der Waals surface area contributed by atoms with Crippen molar-refractivity contribution in [3.63, 3.8) is 0 Å². The van der Waals surface area contributed by atoms with Crippen LogP contribution in [-0.4, -0.2) is 0 Å². The van der Waals surface area contributed by atoms with Gasteiger partial charge in [0.2, 0.25) is 0 Å². The number of ether oxygens (including phenoxy) is 1. The van der Waals surface area contributed by atoms with Crippen molar-refractivity contribution in [1.29, 1.82) is 0 Å². The molecule has 1 aromatic carbocycles. The molecule has 0 bridgehead atoms. The first-order valence-electron chi connectivity index (χ1n) is 2.57. The molecule has 0 saturated heterocycles. The zero-order valence-electron chi connectivity index (χ0n) is 4.75. The van der Waals surface area contributed by atoms with E-state index in [-0.39, 0.29) is 0 Å². The minimum Gasteiger partial charge on any atom is -0.474 e. The van der Waals surface area contributed by atoms with Crippen LogP contribution in [0.2, 0.25) is 0 Å². The van der Waals surface area contributed by atoms with Crippen molar-refractivity contribution in [3.05, 3.63) is 35.8 Å². The van der Waals surface area contributed by atoms with Crippen LogP contribution in [0.1, 0.15) is 0 Å². The molecule has 2 heteroatoms. The Labute approximate surface area is 62.8 Å². The Bertz CT molecular complexity index is 162. The molecule has 0 aliphatic heterocycles. The molecule has 0 atom stereocenters. The lowest BCUT2D eigenvalue weighted by Crippen LogP contribution is -1.80. The first-order valence-corrected chi connectivity index (χ1v) is 3.48. The lowest BCUT2D eigenvalue weighted by molar-refractivity contribution is 0.460. The van der Waals surface area contributed by atoms with Gasteiger partial charge in [0.15, 0.2) is 5.52 Å². The van der Waals surface area contributed by atoms with Crippen LogP contribution < -0.4 is 4.74 Å². The van der Waals surface area contributed by atoms with E-state index in [1.54, 1.807) is 0 Å². The molecular formula is C7H6BrO. The van der Waals surface area contributed by atoms with Crippen LogP contribution in [0.3, 0.4) is 0 Å². The summed E-state index contributed by atoms with van der Waals surface area (Å²) in [6.45, 7) is 0. The summed E-state index contributed by atoms with van der Waals surface area (Å²) in [7, 11) is 0. The van der Waals surface area contributed by atoms with E-state index in [0.29, 0.717) is 0 Å². The molecule has 0 aliphatic rings. The third-order valence-corrected chi connectivity index (χ3v) is 1.11. The number of rotatable bonds is 2. The van der Waals surface area contributed by atoms with Crippen molar-refractivity contribution in [1.82, 2.24) is 0 Å². The molecule has 1 rings (SSSR count). The van der Waals surface area contributed by atoms with Crippen molar-refractivity contribution in [2.45, 2.75) is 0 Å². The summed E-state index contributed by atoms with van der Waals surface area (Å²) in [6.07, 6.45) is 0. The van der Waals surface area contributed by atoms with Gasteiger partial charge in [-0.25, -0.2) is 0 Å². The maximum absolute atomic E-state index is 5.00. The van der Waals surface area contributed by atoms with Crippen molar-refractivity contribution in [2.75, 3.05) is 0 Å². The van der Waals surface area contributed by atoms with Crippen molar-refractivity contribution in [2.24, 2.45) is 0 Å². The monoisotopic (exact) mass is 185 g/mol. The second kappa shape index (κ2) is 3.51. The molecule has 0 saturated carbocycles. The van der Waals surface area contributed by atoms with Crippen LogP contribution in [-0.2, 0) is 0 Å². The maximum atomic E-state index is 5.00. The highest BCUT2D eigenvalue weighted by Gasteiger charge is 1.85. The van der Waals surface area contributed by atoms with Gasteiger partial charge in [-0.05, 0) is 28.1 Å². The van der Waals surface area contributed by atoms with Gasteiger partial charge < -0.3 is 4.74 Å². The molecule has 9 heavy (non-hydrogen) atoms. The molecule has 47 valence electrons. The van der Waals surface area contributed by atoms with Gasteiger partial charge in [0, 0.05) is 0 Å². The average molecular weight is 186 g/mol. The second-order valence-corrected chi connectivity index (χ2v) is 1.89. The Morgan fingerprint density at radius 1 is 1.22 bits per heavy atom. The fourth-order valence-corrected chi connectivity index (χ4v) is 0.766. The SMILES string of the molecule is Br[CH]Oc1ccccc1. The Morgan fingerprint density at radius 3 is 2.44 bits per heavy atom. The first kappa shape index (κ1) is 6.62. The highest BCUT2D eigenvalue weighted by atomic mass is 79.9. The number of para-hydroxylation sites is 1. The molecule has 0 aliphatic carbocycles. The van der Waals surface area contributed by atoms with E-state index < -0.39 is 0 Å². The second-order valence-electron chi connectivity index (χ2n) is 1.52. The summed E-state index contributed by atoms with van der Waals surface area (Å²) in [4.78, 5) is 0. The van der Waals surface area contributed by atoms with E-state index in [1.807, 2.05) is 30.3 Å². The third kappa shape index (κ3) is 2.06. The van der Waals surface area contributed by atoms with E-state index >= 15 is 0 Å². The summed E-state index contributed by atoms with van der Waals surface area (Å²) in [5.74, 6) is 0.842. The zero-order valence-corrected chi connectivity index (χ0v) is 6.34. The van der Waals surface area contributed by atoms with E-state index in [0.717, 1.165) is 5.75 Å². The molecule has 0 aromatic heterocycles. The van der Waals surface area contributed by atoms with E-state index in [2.05, 4.69) is 15.9 Å². The standard InChI is InChI=1S/C7H6BrO/c8-6-9-7-4-2-1-3-5-7/h1-6H. The number of halogens is 1. The predicted molar refractivity (Wildman–Crippen MR) is 40.3 cm³/mol. The number of hydrogen-bond donors (Lipinski definition) is 0. The predicted octanol–water partition coefficient (Wildman–Crippen LogP) is 2.58. The van der Waals surface area contributed by atoms with Gasteiger partial charge in [-0.15, -0.1) is 0 Å². The third-order valence-electron chi connectivity index (χ3n) is 0.924. The molecule has 0 unspecified atom stereocenters. The summed E-state index contributed by atoms with van der Waals surface area (Å²) >= 11 is 3.04. The molecule has 0 spiro atoms. The summed E-state index contributed by atoms with van der Waals surface area (Å²) in [5.41, 5.74) is 1.47. The van der Waals surface area contributed by atoms with E-state index in [4.69, 9.17) is 4.74 Å². The van der Waals surface area contributed by atoms with Gasteiger partial charge in [0.25, 0.3) is 0 Å². The summed E-state index contributed by atoms with van der Waals surface area (Å²) in [6, 6.07) is 9.56. The Kier molecular flexibility index (Phi) is 2.58. The van der Waals surface area contributed by atoms with Gasteiger partial charge in [-0.1, -0.05) is 18.2 Å². The normalized spacial score (nSPS) is 9.00. The molecule has 0 amide bonds. The fraction of sp³-hybridized carbons (Fsp3) is 0. The molecule has 1 radical (unpaired) electrons. The van der Waals surface area contributed by atoms with Gasteiger partial charge in [0.05, 0.1) is 0 Å². The van der Waals surface area contributed by atoms with Crippen LogP contribution in [0, 0.1) is 5.52 Å².